The van der Waals surface area contributed by atoms with E-state index in [1.54, 1.807) is 7.05 Å². The van der Waals surface area contributed by atoms with Crippen LogP contribution in [0.25, 0.3) is 0 Å². The summed E-state index contributed by atoms with van der Waals surface area (Å²) >= 11 is 0. The summed E-state index contributed by atoms with van der Waals surface area (Å²) in [4.78, 5) is 3.36. The lowest BCUT2D eigenvalue weighted by Crippen LogP contribution is -2.21. The van der Waals surface area contributed by atoms with Gasteiger partial charge in [0.05, 0.1) is 5.82 Å². The quantitative estimate of drug-likeness (QED) is 0.320. The summed E-state index contributed by atoms with van der Waals surface area (Å²) in [6.07, 6.45) is 0. The Labute approximate surface area is 74.7 Å². The number of guanidine groups is 1. The van der Waals surface area contributed by atoms with Crippen LogP contribution < -0.4 is 22.5 Å². The molecule has 0 saturated heterocycles. The zero-order valence-corrected chi connectivity index (χ0v) is 8.39. The van der Waals surface area contributed by atoms with E-state index in [4.69, 9.17) is 17.2 Å². The highest BCUT2D eigenvalue weighted by molar-refractivity contribution is 5.75. The summed E-state index contributed by atoms with van der Waals surface area (Å²) in [5.74, 6) is 0.634. The summed E-state index contributed by atoms with van der Waals surface area (Å²) < 4.78 is 0. The van der Waals surface area contributed by atoms with E-state index in [1.807, 2.05) is 13.8 Å². The van der Waals surface area contributed by atoms with Crippen LogP contribution in [0.1, 0.15) is 13.8 Å². The van der Waals surface area contributed by atoms with Crippen molar-refractivity contribution in [2.24, 2.45) is 22.2 Å². The average molecular weight is 175 g/mol. The molecule has 7 N–H and O–H groups in total. The Kier molecular flexibility index (Phi) is 23.0. The van der Waals surface area contributed by atoms with Gasteiger partial charge in [-0.2, -0.15) is 0 Å². The molecule has 0 fully saturated rings. The van der Waals surface area contributed by atoms with Crippen molar-refractivity contribution in [3.63, 3.8) is 0 Å². The molecule has 0 bridgehead atoms. The van der Waals surface area contributed by atoms with Crippen LogP contribution in [0.5, 0.6) is 0 Å². The monoisotopic (exact) mass is 175 g/mol. The fraction of sp³-hybridized carbons (Fsp3) is 0.571. The van der Waals surface area contributed by atoms with E-state index in [0.29, 0.717) is 5.82 Å². The van der Waals surface area contributed by atoms with E-state index in [1.165, 1.54) is 7.05 Å². The largest absolute Gasteiger partial charge is 0.386 e. The first-order chi connectivity index (χ1) is 5.54. The Bertz CT molecular complexity index is 115. The minimum Gasteiger partial charge on any atom is -0.386 e. The van der Waals surface area contributed by atoms with Crippen molar-refractivity contribution in [2.45, 2.75) is 13.8 Å². The molecule has 0 aliphatic carbocycles. The van der Waals surface area contributed by atoms with Crippen molar-refractivity contribution in [3.05, 3.63) is 12.4 Å². The van der Waals surface area contributed by atoms with Gasteiger partial charge in [0, 0.05) is 14.1 Å². The summed E-state index contributed by atoms with van der Waals surface area (Å²) in [6.45, 7) is 7.34. The van der Waals surface area contributed by atoms with Crippen LogP contribution in [0.3, 0.4) is 0 Å². The molecule has 0 atom stereocenters. The number of nitrogens with zero attached hydrogens (tertiary/aromatic N) is 1. The second kappa shape index (κ2) is 16.3. The van der Waals surface area contributed by atoms with E-state index < -0.39 is 0 Å². The molecule has 12 heavy (non-hydrogen) atoms. The van der Waals surface area contributed by atoms with Crippen LogP contribution in [0.15, 0.2) is 17.4 Å². The van der Waals surface area contributed by atoms with Crippen molar-refractivity contribution >= 4 is 5.96 Å². The Morgan fingerprint density at radius 1 is 1.25 bits per heavy atom. The molecular formula is C7H21N5. The van der Waals surface area contributed by atoms with Gasteiger partial charge in [0.15, 0.2) is 5.96 Å². The molecule has 5 heteroatoms. The fourth-order valence-electron chi connectivity index (χ4n) is 0. The molecular weight excluding hydrogens is 154 g/mol. The predicted octanol–water partition coefficient (Wildman–Crippen LogP) is -0.448. The molecule has 0 rings (SSSR count). The zero-order valence-electron chi connectivity index (χ0n) is 8.39. The molecule has 0 aromatic rings. The van der Waals surface area contributed by atoms with Crippen molar-refractivity contribution < 1.29 is 0 Å². The van der Waals surface area contributed by atoms with Gasteiger partial charge < -0.3 is 22.5 Å². The van der Waals surface area contributed by atoms with Crippen LogP contribution >= 0.6 is 0 Å². The molecule has 0 amide bonds. The van der Waals surface area contributed by atoms with E-state index in [9.17, 15) is 0 Å². The summed E-state index contributed by atoms with van der Waals surface area (Å²) in [5, 5.41) is 2.61. The van der Waals surface area contributed by atoms with Gasteiger partial charge in [-0.3, -0.25) is 4.99 Å². The maximum absolute atomic E-state index is 4.99. The Balaban J connectivity index is -0.000000112. The first-order valence-electron chi connectivity index (χ1n) is 3.64. The van der Waals surface area contributed by atoms with Crippen LogP contribution in [-0.2, 0) is 0 Å². The van der Waals surface area contributed by atoms with E-state index in [-0.39, 0.29) is 5.96 Å². The van der Waals surface area contributed by atoms with Crippen molar-refractivity contribution in [2.75, 3.05) is 14.1 Å². The fourth-order valence-corrected chi connectivity index (χ4v) is 0. The maximum Gasteiger partial charge on any atom is 0.185 e. The zero-order chi connectivity index (χ0) is 10.6. The van der Waals surface area contributed by atoms with Gasteiger partial charge in [-0.15, -0.1) is 0 Å². The number of hydrogen-bond acceptors (Lipinski definition) is 3. The molecule has 0 radical (unpaired) electrons. The second-order valence-electron chi connectivity index (χ2n) is 1.42. The lowest BCUT2D eigenvalue weighted by Gasteiger charge is -1.88. The molecule has 74 valence electrons. The number of nitrogens with one attached hydrogen (secondary N) is 1. The van der Waals surface area contributed by atoms with Crippen LogP contribution in [0.4, 0.5) is 0 Å². The first-order valence-corrected chi connectivity index (χ1v) is 3.64. The van der Waals surface area contributed by atoms with Gasteiger partial charge in [0.25, 0.3) is 0 Å². The number of hydrogen-bond donors (Lipinski definition) is 4. The third kappa shape index (κ3) is 73.2. The number of aliphatic imine (C=N–C) groups is 1. The highest BCUT2D eigenvalue weighted by atomic mass is 15.0. The summed E-state index contributed by atoms with van der Waals surface area (Å²) in [6, 6.07) is 0. The summed E-state index contributed by atoms with van der Waals surface area (Å²) in [5.41, 5.74) is 14.6. The smallest absolute Gasteiger partial charge is 0.185 e. The first kappa shape index (κ1) is 16.9. The molecule has 0 unspecified atom stereocenters. The molecule has 0 aromatic carbocycles. The number of nitrogens with two attached hydrogens (primary N) is 3. The van der Waals surface area contributed by atoms with Crippen LogP contribution in [-0.4, -0.2) is 20.1 Å². The van der Waals surface area contributed by atoms with Gasteiger partial charge in [-0.1, -0.05) is 20.4 Å². The Morgan fingerprint density at radius 2 is 1.42 bits per heavy atom. The SMILES string of the molecule is C=C(N)NC.CC.CN=C(N)N. The van der Waals surface area contributed by atoms with Gasteiger partial charge in [-0.25, -0.2) is 0 Å². The minimum absolute atomic E-state index is 0.130. The van der Waals surface area contributed by atoms with Gasteiger partial charge in [-0.05, 0) is 0 Å². The lowest BCUT2D eigenvalue weighted by molar-refractivity contribution is 0.974. The minimum atomic E-state index is 0.130. The molecule has 0 spiro atoms. The number of rotatable bonds is 1. The van der Waals surface area contributed by atoms with Crippen molar-refractivity contribution in [3.8, 4) is 0 Å². The van der Waals surface area contributed by atoms with Crippen molar-refractivity contribution in [1.29, 1.82) is 0 Å². The molecule has 0 aliphatic rings. The Morgan fingerprint density at radius 3 is 1.42 bits per heavy atom. The second-order valence-corrected chi connectivity index (χ2v) is 1.42. The molecule has 5 nitrogen and oxygen atoms in total. The van der Waals surface area contributed by atoms with Gasteiger partial charge >= 0.3 is 0 Å². The predicted molar refractivity (Wildman–Crippen MR) is 55.5 cm³/mol. The molecule has 0 aliphatic heterocycles. The van der Waals surface area contributed by atoms with E-state index in [2.05, 4.69) is 16.9 Å². The van der Waals surface area contributed by atoms with Gasteiger partial charge in [0.1, 0.15) is 0 Å². The average Bonchev–Trinajstić information content (AvgIpc) is 2.09. The van der Waals surface area contributed by atoms with Crippen LogP contribution in [0, 0.1) is 0 Å². The molecule has 0 saturated carbocycles. The standard InChI is InChI=1S/C3H8N2.C2H7N3.C2H6/c1-3(4)5-2;1-5-2(3)4;1-2/h5H,1,4H2,2H3;1H3,(H4,3,4,5);1-2H3. The lowest BCUT2D eigenvalue weighted by atomic mass is 10.8. The van der Waals surface area contributed by atoms with E-state index >= 15 is 0 Å². The third-order valence-electron chi connectivity index (χ3n) is 0.579. The normalized spacial score (nSPS) is 6.00. The highest BCUT2D eigenvalue weighted by Gasteiger charge is 1.62. The highest BCUT2D eigenvalue weighted by Crippen LogP contribution is 1.52. The molecule has 0 heterocycles. The molecule has 0 aromatic heterocycles. The van der Waals surface area contributed by atoms with Crippen LogP contribution in [0.2, 0.25) is 0 Å². The topological polar surface area (TPSA) is 102 Å². The third-order valence-corrected chi connectivity index (χ3v) is 0.579. The Hall–Kier alpha value is -1.39. The summed E-state index contributed by atoms with van der Waals surface area (Å²) in [7, 11) is 3.26. The maximum atomic E-state index is 4.99. The van der Waals surface area contributed by atoms with Gasteiger partial charge in [0.2, 0.25) is 0 Å². The van der Waals surface area contributed by atoms with E-state index in [0.717, 1.165) is 0 Å². The van der Waals surface area contributed by atoms with Crippen molar-refractivity contribution in [1.82, 2.24) is 5.32 Å².